The summed E-state index contributed by atoms with van der Waals surface area (Å²) in [6, 6.07) is 9.63. The first-order valence-corrected chi connectivity index (χ1v) is 7.49. The lowest BCUT2D eigenvalue weighted by Gasteiger charge is -1.96. The number of rotatable bonds is 4. The number of hydrogen-bond acceptors (Lipinski definition) is 4. The molecule has 0 aliphatic carbocycles. The van der Waals surface area contributed by atoms with Gasteiger partial charge in [-0.3, -0.25) is 10.1 Å². The number of hydrogen-bond donors (Lipinski definition) is 2. The zero-order valence-electron chi connectivity index (χ0n) is 13.0. The Morgan fingerprint density at radius 3 is 2.96 bits per heavy atom. The van der Waals surface area contributed by atoms with E-state index in [0.717, 1.165) is 33.6 Å². The molecule has 0 amide bonds. The summed E-state index contributed by atoms with van der Waals surface area (Å²) in [6.45, 7) is 0. The molecule has 0 saturated heterocycles. The summed E-state index contributed by atoms with van der Waals surface area (Å²) in [6.07, 6.45) is 9.39. The van der Waals surface area contributed by atoms with E-state index in [1.807, 2.05) is 54.9 Å². The molecule has 0 spiro atoms. The van der Waals surface area contributed by atoms with Crippen molar-refractivity contribution in [1.29, 1.82) is 0 Å². The summed E-state index contributed by atoms with van der Waals surface area (Å²) in [5, 5.41) is 7.22. The Balaban J connectivity index is 1.70. The first-order valence-electron chi connectivity index (χ1n) is 7.49. The average molecular weight is 317 g/mol. The van der Waals surface area contributed by atoms with Gasteiger partial charge in [0.15, 0.2) is 5.82 Å². The van der Waals surface area contributed by atoms with E-state index in [1.54, 1.807) is 13.3 Å². The van der Waals surface area contributed by atoms with Gasteiger partial charge in [-0.1, -0.05) is 18.2 Å². The van der Waals surface area contributed by atoms with E-state index in [4.69, 9.17) is 4.74 Å². The molecule has 6 nitrogen and oxygen atoms in total. The Kier molecular flexibility index (Phi) is 3.55. The number of nitrogens with one attached hydrogen (secondary N) is 2. The van der Waals surface area contributed by atoms with Crippen LogP contribution in [0.1, 0.15) is 11.1 Å². The molecule has 0 radical (unpaired) electrons. The van der Waals surface area contributed by atoms with E-state index in [-0.39, 0.29) is 0 Å². The lowest BCUT2D eigenvalue weighted by Crippen LogP contribution is -1.83. The summed E-state index contributed by atoms with van der Waals surface area (Å²) in [4.78, 5) is 12.0. The highest BCUT2D eigenvalue weighted by Crippen LogP contribution is 2.25. The van der Waals surface area contributed by atoms with Crippen LogP contribution >= 0.6 is 0 Å². The number of benzene rings is 1. The summed E-state index contributed by atoms with van der Waals surface area (Å²) < 4.78 is 5.25. The number of methoxy groups -OCH3 is 1. The Morgan fingerprint density at radius 2 is 2.12 bits per heavy atom. The molecule has 0 unspecified atom stereocenters. The van der Waals surface area contributed by atoms with E-state index in [2.05, 4.69) is 25.1 Å². The molecular weight excluding hydrogens is 302 g/mol. The molecule has 3 heterocycles. The van der Waals surface area contributed by atoms with Gasteiger partial charge in [-0.2, -0.15) is 5.10 Å². The van der Waals surface area contributed by atoms with Gasteiger partial charge in [0.2, 0.25) is 0 Å². The first kappa shape index (κ1) is 14.2. The minimum atomic E-state index is 0.713. The second kappa shape index (κ2) is 6.00. The van der Waals surface area contributed by atoms with Gasteiger partial charge >= 0.3 is 0 Å². The topological polar surface area (TPSA) is 79.5 Å². The molecule has 0 bridgehead atoms. The van der Waals surface area contributed by atoms with Gasteiger partial charge in [-0.05, 0) is 23.8 Å². The average Bonchev–Trinajstić information content (AvgIpc) is 3.26. The van der Waals surface area contributed by atoms with Gasteiger partial charge in [-0.15, -0.1) is 0 Å². The fourth-order valence-electron chi connectivity index (χ4n) is 2.50. The molecule has 3 aromatic heterocycles. The quantitative estimate of drug-likeness (QED) is 0.603. The summed E-state index contributed by atoms with van der Waals surface area (Å²) >= 11 is 0. The highest BCUT2D eigenvalue weighted by Gasteiger charge is 2.11. The smallest absolute Gasteiger partial charge is 0.159 e. The molecule has 2 N–H and O–H groups in total. The minimum Gasteiger partial charge on any atom is -0.497 e. The molecule has 0 aliphatic rings. The Hall–Kier alpha value is -3.41. The normalized spacial score (nSPS) is 11.4. The van der Waals surface area contributed by atoms with Crippen molar-refractivity contribution in [2.75, 3.05) is 7.11 Å². The summed E-state index contributed by atoms with van der Waals surface area (Å²) in [5.74, 6) is 1.50. The largest absolute Gasteiger partial charge is 0.497 e. The van der Waals surface area contributed by atoms with E-state index >= 15 is 0 Å². The number of imidazole rings is 1. The SMILES string of the molecule is COc1ccc2nc(-c3n[nH]cc3/C=C/c3cccnc3)[nH]c2c1. The first-order chi connectivity index (χ1) is 11.8. The van der Waals surface area contributed by atoms with Crippen LogP contribution in [0.15, 0.2) is 48.9 Å². The van der Waals surface area contributed by atoms with E-state index in [9.17, 15) is 0 Å². The van der Waals surface area contributed by atoms with Crippen LogP contribution in [0.3, 0.4) is 0 Å². The molecule has 118 valence electrons. The van der Waals surface area contributed by atoms with Crippen LogP contribution < -0.4 is 4.74 Å². The fraction of sp³-hybridized carbons (Fsp3) is 0.0556. The fourth-order valence-corrected chi connectivity index (χ4v) is 2.50. The van der Waals surface area contributed by atoms with Crippen LogP contribution in [-0.4, -0.2) is 32.3 Å². The van der Waals surface area contributed by atoms with Crippen molar-refractivity contribution in [3.05, 3.63) is 60.0 Å². The third-order valence-corrected chi connectivity index (χ3v) is 3.72. The zero-order chi connectivity index (χ0) is 16.4. The Morgan fingerprint density at radius 1 is 1.17 bits per heavy atom. The number of aromatic nitrogens is 5. The Labute approximate surface area is 138 Å². The van der Waals surface area contributed by atoms with E-state index < -0.39 is 0 Å². The van der Waals surface area contributed by atoms with E-state index in [0.29, 0.717) is 5.82 Å². The maximum atomic E-state index is 5.25. The van der Waals surface area contributed by atoms with Gasteiger partial charge in [0.05, 0.1) is 18.1 Å². The molecule has 4 rings (SSSR count). The number of pyridine rings is 1. The summed E-state index contributed by atoms with van der Waals surface area (Å²) in [5.41, 5.74) is 4.53. The lowest BCUT2D eigenvalue weighted by molar-refractivity contribution is 0.415. The Bertz CT molecular complexity index is 1000. The molecule has 0 saturated carbocycles. The molecule has 0 fully saturated rings. The predicted octanol–water partition coefficient (Wildman–Crippen LogP) is 3.53. The second-order valence-electron chi connectivity index (χ2n) is 5.28. The molecule has 0 atom stereocenters. The third kappa shape index (κ3) is 2.65. The number of nitrogens with zero attached hydrogens (tertiary/aromatic N) is 3. The summed E-state index contributed by atoms with van der Waals surface area (Å²) in [7, 11) is 1.65. The second-order valence-corrected chi connectivity index (χ2v) is 5.28. The molecule has 1 aromatic carbocycles. The van der Waals surface area contributed by atoms with Gasteiger partial charge in [0, 0.05) is 30.2 Å². The minimum absolute atomic E-state index is 0.713. The number of aromatic amines is 2. The maximum absolute atomic E-state index is 5.25. The van der Waals surface area contributed by atoms with Crippen LogP contribution in [-0.2, 0) is 0 Å². The number of H-pyrrole nitrogens is 2. The standard InChI is InChI=1S/C18H15N5O/c1-24-14-6-7-15-16(9-14)22-18(21-15)17-13(11-20-23-17)5-4-12-3-2-8-19-10-12/h2-11H,1H3,(H,20,23)(H,21,22)/b5-4+. The van der Waals surface area contributed by atoms with E-state index in [1.165, 1.54) is 0 Å². The van der Waals surface area contributed by atoms with Gasteiger partial charge < -0.3 is 9.72 Å². The molecule has 4 aromatic rings. The van der Waals surface area contributed by atoms with Crippen LogP contribution in [0.5, 0.6) is 5.75 Å². The zero-order valence-corrected chi connectivity index (χ0v) is 13.0. The highest BCUT2D eigenvalue weighted by molar-refractivity contribution is 5.83. The number of fused-ring (bicyclic) bond motifs is 1. The van der Waals surface area contributed by atoms with Crippen LogP contribution in [0, 0.1) is 0 Å². The molecular formula is C18H15N5O. The van der Waals surface area contributed by atoms with Crippen molar-refractivity contribution in [2.45, 2.75) is 0 Å². The van der Waals surface area contributed by atoms with Crippen molar-refractivity contribution >= 4 is 23.2 Å². The highest BCUT2D eigenvalue weighted by atomic mass is 16.5. The van der Waals surface area contributed by atoms with Gasteiger partial charge in [0.25, 0.3) is 0 Å². The van der Waals surface area contributed by atoms with Gasteiger partial charge in [0.1, 0.15) is 11.4 Å². The van der Waals surface area contributed by atoms with Crippen LogP contribution in [0.2, 0.25) is 0 Å². The number of ether oxygens (including phenoxy) is 1. The van der Waals surface area contributed by atoms with Crippen molar-refractivity contribution in [2.24, 2.45) is 0 Å². The van der Waals surface area contributed by atoms with Crippen molar-refractivity contribution < 1.29 is 4.74 Å². The monoisotopic (exact) mass is 317 g/mol. The van der Waals surface area contributed by atoms with Crippen molar-refractivity contribution in [3.8, 4) is 17.3 Å². The maximum Gasteiger partial charge on any atom is 0.159 e. The third-order valence-electron chi connectivity index (χ3n) is 3.72. The molecule has 0 aliphatic heterocycles. The van der Waals surface area contributed by atoms with Crippen LogP contribution in [0.25, 0.3) is 34.7 Å². The predicted molar refractivity (Wildman–Crippen MR) is 93.4 cm³/mol. The van der Waals surface area contributed by atoms with Crippen LogP contribution in [0.4, 0.5) is 0 Å². The lowest BCUT2D eigenvalue weighted by atomic mass is 10.2. The molecule has 6 heteroatoms. The van der Waals surface area contributed by atoms with Gasteiger partial charge in [-0.25, -0.2) is 4.98 Å². The molecule has 24 heavy (non-hydrogen) atoms. The van der Waals surface area contributed by atoms with Crippen molar-refractivity contribution in [1.82, 2.24) is 25.1 Å². The van der Waals surface area contributed by atoms with Crippen molar-refractivity contribution in [3.63, 3.8) is 0 Å².